The van der Waals surface area contributed by atoms with Crippen molar-refractivity contribution in [1.29, 1.82) is 0 Å². The lowest BCUT2D eigenvalue weighted by Crippen LogP contribution is -2.38. The number of anilines is 2. The Kier molecular flexibility index (Phi) is 5.70. The molecule has 31 heavy (non-hydrogen) atoms. The standard InChI is InChI=1S/C23H26N6O2/c1-15-17(7-10-20(24)27-15)14-28(12-11-16-5-3-2-4-6-16)22-23(31)29-18(13-26-22)8-9-19(29)21(25)30/h2-7,10,13,19H,8-9,11-12,14H2,1H3,(H2,24,27)(H2,25,30)/t19-/m1/s1. The van der Waals surface area contributed by atoms with E-state index in [1.807, 2.05) is 36.1 Å². The summed E-state index contributed by atoms with van der Waals surface area (Å²) >= 11 is 0. The molecule has 0 bridgehead atoms. The number of hydrogen-bond acceptors (Lipinski definition) is 6. The number of aryl methyl sites for hydroxylation is 2. The van der Waals surface area contributed by atoms with E-state index in [0.717, 1.165) is 28.9 Å². The zero-order valence-corrected chi connectivity index (χ0v) is 17.5. The zero-order chi connectivity index (χ0) is 22.0. The zero-order valence-electron chi connectivity index (χ0n) is 17.5. The molecule has 1 aromatic carbocycles. The molecular weight excluding hydrogens is 392 g/mol. The maximum atomic E-state index is 13.4. The number of carbonyl (C=O) groups is 1. The van der Waals surface area contributed by atoms with Crippen molar-refractivity contribution in [2.45, 2.75) is 38.8 Å². The third-order valence-electron chi connectivity index (χ3n) is 5.76. The number of rotatable bonds is 7. The largest absolute Gasteiger partial charge is 0.384 e. The van der Waals surface area contributed by atoms with Crippen LogP contribution in [0.3, 0.4) is 0 Å². The van der Waals surface area contributed by atoms with Crippen LogP contribution < -0.4 is 21.9 Å². The van der Waals surface area contributed by atoms with Crippen LogP contribution in [0.1, 0.15) is 35.0 Å². The lowest BCUT2D eigenvalue weighted by Gasteiger charge is -2.25. The van der Waals surface area contributed by atoms with Gasteiger partial charge in [0.15, 0.2) is 5.82 Å². The molecule has 0 saturated heterocycles. The molecule has 3 aromatic rings. The first-order valence-electron chi connectivity index (χ1n) is 10.3. The molecule has 4 N–H and O–H groups in total. The van der Waals surface area contributed by atoms with E-state index in [1.54, 1.807) is 12.3 Å². The molecular formula is C23H26N6O2. The van der Waals surface area contributed by atoms with Gasteiger partial charge in [0.05, 0.1) is 0 Å². The number of hydrogen-bond donors (Lipinski definition) is 2. The van der Waals surface area contributed by atoms with Gasteiger partial charge in [-0.05, 0) is 43.4 Å². The SMILES string of the molecule is Cc1nc(N)ccc1CN(CCc1ccccc1)c1ncc2n(c1=O)[C@@H](C(N)=O)CC2. The monoisotopic (exact) mass is 418 g/mol. The van der Waals surface area contributed by atoms with E-state index in [1.165, 1.54) is 4.57 Å². The molecule has 2 aromatic heterocycles. The van der Waals surface area contributed by atoms with Gasteiger partial charge in [-0.25, -0.2) is 9.97 Å². The van der Waals surface area contributed by atoms with Crippen molar-refractivity contribution < 1.29 is 4.79 Å². The molecule has 1 aliphatic rings. The minimum atomic E-state index is -0.625. The molecule has 160 valence electrons. The van der Waals surface area contributed by atoms with Crippen molar-refractivity contribution in [3.05, 3.63) is 81.5 Å². The summed E-state index contributed by atoms with van der Waals surface area (Å²) in [4.78, 5) is 36.0. The Balaban J connectivity index is 1.71. The summed E-state index contributed by atoms with van der Waals surface area (Å²) in [6.45, 7) is 2.93. The smallest absolute Gasteiger partial charge is 0.294 e. The van der Waals surface area contributed by atoms with E-state index >= 15 is 0 Å². The van der Waals surface area contributed by atoms with Gasteiger partial charge in [-0.2, -0.15) is 0 Å². The molecule has 0 spiro atoms. The summed E-state index contributed by atoms with van der Waals surface area (Å²) in [5.74, 6) is 0.272. The molecule has 0 aliphatic carbocycles. The number of nitrogens with two attached hydrogens (primary N) is 2. The Morgan fingerprint density at radius 2 is 2.00 bits per heavy atom. The number of primary amides is 1. The number of nitrogens with zero attached hydrogens (tertiary/aromatic N) is 4. The Hall–Kier alpha value is -3.68. The third kappa shape index (κ3) is 4.28. The Morgan fingerprint density at radius 1 is 1.23 bits per heavy atom. The Bertz CT molecular complexity index is 1160. The molecule has 8 nitrogen and oxygen atoms in total. The third-order valence-corrected chi connectivity index (χ3v) is 5.76. The number of nitrogen functional groups attached to an aromatic ring is 1. The Morgan fingerprint density at radius 3 is 2.71 bits per heavy atom. The first-order chi connectivity index (χ1) is 14.9. The molecule has 0 radical (unpaired) electrons. The number of amides is 1. The van der Waals surface area contributed by atoms with Crippen LogP contribution in [0.25, 0.3) is 0 Å². The van der Waals surface area contributed by atoms with Crippen molar-refractivity contribution in [2.24, 2.45) is 5.73 Å². The van der Waals surface area contributed by atoms with E-state index in [-0.39, 0.29) is 5.56 Å². The van der Waals surface area contributed by atoms with Crippen LogP contribution in [0.2, 0.25) is 0 Å². The average molecular weight is 419 g/mol. The van der Waals surface area contributed by atoms with Gasteiger partial charge in [0, 0.05) is 30.7 Å². The number of pyridine rings is 1. The van der Waals surface area contributed by atoms with E-state index < -0.39 is 11.9 Å². The number of carbonyl (C=O) groups excluding carboxylic acids is 1. The van der Waals surface area contributed by atoms with Crippen LogP contribution >= 0.6 is 0 Å². The van der Waals surface area contributed by atoms with Crippen LogP contribution in [0.4, 0.5) is 11.6 Å². The topological polar surface area (TPSA) is 120 Å². The lowest BCUT2D eigenvalue weighted by atomic mass is 10.1. The molecule has 3 heterocycles. The molecule has 0 fully saturated rings. The van der Waals surface area contributed by atoms with Crippen LogP contribution in [0.15, 0.2) is 53.5 Å². The summed E-state index contributed by atoms with van der Waals surface area (Å²) in [5.41, 5.74) is 14.7. The van der Waals surface area contributed by atoms with Crippen molar-refractivity contribution in [3.63, 3.8) is 0 Å². The van der Waals surface area contributed by atoms with Crippen LogP contribution in [0.5, 0.6) is 0 Å². The van der Waals surface area contributed by atoms with Crippen molar-refractivity contribution >= 4 is 17.5 Å². The van der Waals surface area contributed by atoms with E-state index in [0.29, 0.717) is 37.6 Å². The maximum Gasteiger partial charge on any atom is 0.294 e. The predicted octanol–water partition coefficient (Wildman–Crippen LogP) is 1.75. The van der Waals surface area contributed by atoms with Crippen LogP contribution in [0, 0.1) is 6.92 Å². The quantitative estimate of drug-likeness (QED) is 0.603. The minimum absolute atomic E-state index is 0.284. The fourth-order valence-corrected chi connectivity index (χ4v) is 4.07. The molecule has 0 saturated carbocycles. The highest BCUT2D eigenvalue weighted by Crippen LogP contribution is 2.24. The molecule has 0 unspecified atom stereocenters. The van der Waals surface area contributed by atoms with Gasteiger partial charge in [0.25, 0.3) is 5.56 Å². The minimum Gasteiger partial charge on any atom is -0.384 e. The Labute approximate surface area is 180 Å². The van der Waals surface area contributed by atoms with Crippen molar-refractivity contribution in [2.75, 3.05) is 17.2 Å². The van der Waals surface area contributed by atoms with Crippen LogP contribution in [-0.2, 0) is 24.2 Å². The number of benzene rings is 1. The number of fused-ring (bicyclic) bond motifs is 1. The maximum absolute atomic E-state index is 13.4. The van der Waals surface area contributed by atoms with E-state index in [2.05, 4.69) is 22.1 Å². The molecule has 4 rings (SSSR count). The van der Waals surface area contributed by atoms with Gasteiger partial charge in [-0.1, -0.05) is 36.4 Å². The number of aromatic nitrogens is 3. The predicted molar refractivity (Wildman–Crippen MR) is 120 cm³/mol. The van der Waals surface area contributed by atoms with Crippen molar-refractivity contribution in [1.82, 2.24) is 14.5 Å². The summed E-state index contributed by atoms with van der Waals surface area (Å²) in [7, 11) is 0. The van der Waals surface area contributed by atoms with Crippen LogP contribution in [-0.4, -0.2) is 27.0 Å². The van der Waals surface area contributed by atoms with Gasteiger partial charge in [0.2, 0.25) is 5.91 Å². The molecule has 1 amide bonds. The van der Waals surface area contributed by atoms with Gasteiger partial charge >= 0.3 is 0 Å². The first kappa shape index (κ1) is 20.6. The first-order valence-corrected chi connectivity index (χ1v) is 10.3. The van der Waals surface area contributed by atoms with Gasteiger partial charge < -0.3 is 16.4 Å². The fourth-order valence-electron chi connectivity index (χ4n) is 4.07. The summed E-state index contributed by atoms with van der Waals surface area (Å²) in [5, 5.41) is 0. The van der Waals surface area contributed by atoms with Gasteiger partial charge in [-0.15, -0.1) is 0 Å². The second-order valence-electron chi connectivity index (χ2n) is 7.84. The highest BCUT2D eigenvalue weighted by atomic mass is 16.2. The summed E-state index contributed by atoms with van der Waals surface area (Å²) < 4.78 is 1.51. The van der Waals surface area contributed by atoms with Crippen molar-refractivity contribution in [3.8, 4) is 0 Å². The van der Waals surface area contributed by atoms with E-state index in [4.69, 9.17) is 11.5 Å². The lowest BCUT2D eigenvalue weighted by molar-refractivity contribution is -0.121. The normalized spacial score (nSPS) is 14.9. The molecule has 1 atom stereocenters. The van der Waals surface area contributed by atoms with Gasteiger partial charge in [0.1, 0.15) is 11.9 Å². The summed E-state index contributed by atoms with van der Waals surface area (Å²) in [6, 6.07) is 13.1. The second kappa shape index (κ2) is 8.59. The molecule has 8 heteroatoms. The highest BCUT2D eigenvalue weighted by molar-refractivity contribution is 5.79. The van der Waals surface area contributed by atoms with Gasteiger partial charge in [-0.3, -0.25) is 14.2 Å². The average Bonchev–Trinajstić information content (AvgIpc) is 3.19. The fraction of sp³-hybridized carbons (Fsp3) is 0.304. The summed E-state index contributed by atoms with van der Waals surface area (Å²) in [6.07, 6.45) is 3.57. The highest BCUT2D eigenvalue weighted by Gasteiger charge is 2.30. The molecule has 1 aliphatic heterocycles. The van der Waals surface area contributed by atoms with E-state index in [9.17, 15) is 9.59 Å². The second-order valence-corrected chi connectivity index (χ2v) is 7.84.